The molecule has 0 N–H and O–H groups in total. The van der Waals surface area contributed by atoms with Gasteiger partial charge in [-0.15, -0.1) is 0 Å². The monoisotopic (exact) mass is 304 g/mol. The summed E-state index contributed by atoms with van der Waals surface area (Å²) in [6.07, 6.45) is -0.322. The van der Waals surface area contributed by atoms with Crippen LogP contribution in [0.15, 0.2) is 24.3 Å². The van der Waals surface area contributed by atoms with E-state index in [9.17, 15) is 8.42 Å². The molecule has 2 rings (SSSR count). The molecule has 19 heavy (non-hydrogen) atoms. The Bertz CT molecular complexity index is 548. The van der Waals surface area contributed by atoms with Crippen LogP contribution in [0.25, 0.3) is 0 Å². The third kappa shape index (κ3) is 3.09. The van der Waals surface area contributed by atoms with Gasteiger partial charge in [0, 0.05) is 37.8 Å². The third-order valence-corrected chi connectivity index (χ3v) is 5.32. The summed E-state index contributed by atoms with van der Waals surface area (Å²) in [6.45, 7) is 1.01. The van der Waals surface area contributed by atoms with E-state index < -0.39 is 10.2 Å². The molecule has 1 saturated heterocycles. The zero-order valence-electron chi connectivity index (χ0n) is 10.9. The van der Waals surface area contributed by atoms with Crippen molar-refractivity contribution in [1.29, 1.82) is 0 Å². The third-order valence-electron chi connectivity index (χ3n) is 3.07. The van der Waals surface area contributed by atoms with Gasteiger partial charge in [0.25, 0.3) is 10.2 Å². The summed E-state index contributed by atoms with van der Waals surface area (Å²) in [5.41, 5.74) is 0.822. The second-order valence-corrected chi connectivity index (χ2v) is 7.08. The summed E-state index contributed by atoms with van der Waals surface area (Å²) in [6, 6.07) is 7.34. The molecule has 0 aliphatic carbocycles. The first-order chi connectivity index (χ1) is 8.93. The highest BCUT2D eigenvalue weighted by atomic mass is 35.5. The van der Waals surface area contributed by atoms with Gasteiger partial charge in [-0.3, -0.25) is 0 Å². The summed E-state index contributed by atoms with van der Waals surface area (Å²) < 4.78 is 32.5. The van der Waals surface area contributed by atoms with Crippen LogP contribution in [0.5, 0.6) is 0 Å². The number of hydrogen-bond acceptors (Lipinski definition) is 3. The maximum absolute atomic E-state index is 12.1. The molecule has 106 valence electrons. The molecule has 0 aromatic heterocycles. The Morgan fingerprint density at radius 1 is 1.37 bits per heavy atom. The molecule has 0 amide bonds. The minimum atomic E-state index is -3.41. The van der Waals surface area contributed by atoms with E-state index in [0.717, 1.165) is 5.56 Å². The Labute approximate surface area is 118 Å². The zero-order valence-corrected chi connectivity index (χ0v) is 12.5. The lowest BCUT2D eigenvalue weighted by atomic mass is 10.1. The number of halogens is 1. The highest BCUT2D eigenvalue weighted by Crippen LogP contribution is 2.29. The van der Waals surface area contributed by atoms with E-state index >= 15 is 0 Å². The van der Waals surface area contributed by atoms with Crippen LogP contribution in [-0.2, 0) is 14.9 Å². The van der Waals surface area contributed by atoms with E-state index in [1.807, 2.05) is 18.2 Å². The highest BCUT2D eigenvalue weighted by Gasteiger charge is 2.32. The van der Waals surface area contributed by atoms with Gasteiger partial charge in [-0.25, -0.2) is 0 Å². The van der Waals surface area contributed by atoms with E-state index in [-0.39, 0.29) is 12.6 Å². The average molecular weight is 305 g/mol. The quantitative estimate of drug-likeness (QED) is 0.851. The van der Waals surface area contributed by atoms with Crippen molar-refractivity contribution in [2.24, 2.45) is 0 Å². The normalized spacial score (nSPS) is 21.8. The van der Waals surface area contributed by atoms with E-state index in [1.165, 1.54) is 22.7 Å². The van der Waals surface area contributed by atoms with E-state index in [4.69, 9.17) is 16.3 Å². The molecule has 1 atom stereocenters. The lowest BCUT2D eigenvalue weighted by Gasteiger charge is -2.34. The Hall–Kier alpha value is -0.660. The number of morpholine rings is 1. The molecular formula is C12H17ClN2O3S. The second kappa shape index (κ2) is 5.76. The Morgan fingerprint density at radius 2 is 2.05 bits per heavy atom. The second-order valence-electron chi connectivity index (χ2n) is 4.53. The number of benzene rings is 1. The van der Waals surface area contributed by atoms with Crippen LogP contribution in [0.4, 0.5) is 0 Å². The van der Waals surface area contributed by atoms with E-state index in [0.29, 0.717) is 18.2 Å². The van der Waals surface area contributed by atoms with Crippen LogP contribution in [0, 0.1) is 0 Å². The molecule has 1 unspecified atom stereocenters. The van der Waals surface area contributed by atoms with Gasteiger partial charge in [0.05, 0.1) is 12.7 Å². The van der Waals surface area contributed by atoms with Crippen molar-refractivity contribution in [3.63, 3.8) is 0 Å². The Morgan fingerprint density at radius 3 is 2.68 bits per heavy atom. The molecule has 0 radical (unpaired) electrons. The minimum Gasteiger partial charge on any atom is -0.371 e. The average Bonchev–Trinajstić information content (AvgIpc) is 2.39. The van der Waals surface area contributed by atoms with Crippen LogP contribution in [0.1, 0.15) is 11.7 Å². The van der Waals surface area contributed by atoms with E-state index in [2.05, 4.69) is 0 Å². The number of nitrogens with zero attached hydrogens (tertiary/aromatic N) is 2. The smallest absolute Gasteiger partial charge is 0.281 e. The SMILES string of the molecule is CN(C)S(=O)(=O)N1CCOC(c2ccccc2Cl)C1. The summed E-state index contributed by atoms with van der Waals surface area (Å²) in [5, 5.41) is 0.594. The molecule has 1 fully saturated rings. The molecule has 0 bridgehead atoms. The summed E-state index contributed by atoms with van der Waals surface area (Å²) in [7, 11) is -0.364. The molecule has 1 aliphatic heterocycles. The molecular weight excluding hydrogens is 288 g/mol. The topological polar surface area (TPSA) is 49.9 Å². The number of rotatable bonds is 3. The Balaban J connectivity index is 2.21. The standard InChI is InChI=1S/C12H17ClN2O3S/c1-14(2)19(16,17)15-7-8-18-12(9-15)10-5-3-4-6-11(10)13/h3-6,12H,7-9H2,1-2H3. The number of ether oxygens (including phenoxy) is 1. The maximum Gasteiger partial charge on any atom is 0.281 e. The van der Waals surface area contributed by atoms with Crippen molar-refractivity contribution in [1.82, 2.24) is 8.61 Å². The van der Waals surface area contributed by atoms with Gasteiger partial charge in [-0.2, -0.15) is 17.0 Å². The van der Waals surface area contributed by atoms with Crippen molar-refractivity contribution in [3.8, 4) is 0 Å². The fraction of sp³-hybridized carbons (Fsp3) is 0.500. The van der Waals surface area contributed by atoms with Crippen LogP contribution in [0.3, 0.4) is 0 Å². The minimum absolute atomic E-state index is 0.282. The van der Waals surface area contributed by atoms with Crippen molar-refractivity contribution < 1.29 is 13.2 Å². The maximum atomic E-state index is 12.1. The van der Waals surface area contributed by atoms with Gasteiger partial charge in [0.15, 0.2) is 0 Å². The first-order valence-electron chi connectivity index (χ1n) is 5.96. The first-order valence-corrected chi connectivity index (χ1v) is 7.74. The van der Waals surface area contributed by atoms with E-state index in [1.54, 1.807) is 6.07 Å². The summed E-state index contributed by atoms with van der Waals surface area (Å²) in [5.74, 6) is 0. The van der Waals surface area contributed by atoms with Gasteiger partial charge in [-0.1, -0.05) is 29.8 Å². The fourth-order valence-corrected chi connectivity index (χ4v) is 3.34. The molecule has 1 aromatic carbocycles. The zero-order chi connectivity index (χ0) is 14.0. The van der Waals surface area contributed by atoms with Crippen molar-refractivity contribution >= 4 is 21.8 Å². The van der Waals surface area contributed by atoms with Gasteiger partial charge >= 0.3 is 0 Å². The lowest BCUT2D eigenvalue weighted by molar-refractivity contribution is -0.00381. The largest absolute Gasteiger partial charge is 0.371 e. The predicted molar refractivity (Wildman–Crippen MR) is 74.3 cm³/mol. The van der Waals surface area contributed by atoms with Crippen LogP contribution in [-0.4, -0.2) is 50.8 Å². The summed E-state index contributed by atoms with van der Waals surface area (Å²) in [4.78, 5) is 0. The Kier molecular flexibility index (Phi) is 4.47. The van der Waals surface area contributed by atoms with Crippen molar-refractivity contribution in [3.05, 3.63) is 34.9 Å². The first kappa shape index (κ1) is 14.7. The lowest BCUT2D eigenvalue weighted by Crippen LogP contribution is -2.47. The molecule has 5 nitrogen and oxygen atoms in total. The van der Waals surface area contributed by atoms with Gasteiger partial charge in [-0.05, 0) is 6.07 Å². The molecule has 0 spiro atoms. The van der Waals surface area contributed by atoms with Crippen LogP contribution >= 0.6 is 11.6 Å². The van der Waals surface area contributed by atoms with Crippen molar-refractivity contribution in [2.75, 3.05) is 33.8 Å². The molecule has 1 aromatic rings. The van der Waals surface area contributed by atoms with Gasteiger partial charge < -0.3 is 4.74 Å². The summed E-state index contributed by atoms with van der Waals surface area (Å²) >= 11 is 6.12. The molecule has 7 heteroatoms. The number of hydrogen-bond donors (Lipinski definition) is 0. The van der Waals surface area contributed by atoms with Gasteiger partial charge in [0.2, 0.25) is 0 Å². The van der Waals surface area contributed by atoms with Crippen molar-refractivity contribution in [2.45, 2.75) is 6.10 Å². The van der Waals surface area contributed by atoms with Crippen LogP contribution < -0.4 is 0 Å². The van der Waals surface area contributed by atoms with Crippen LogP contribution in [0.2, 0.25) is 5.02 Å². The highest BCUT2D eigenvalue weighted by molar-refractivity contribution is 7.86. The molecule has 1 aliphatic rings. The molecule has 1 heterocycles. The fourth-order valence-electron chi connectivity index (χ4n) is 1.99. The predicted octanol–water partition coefficient (Wildman–Crippen LogP) is 1.52. The van der Waals surface area contributed by atoms with Gasteiger partial charge in [0.1, 0.15) is 0 Å². The molecule has 0 saturated carbocycles.